The Kier molecular flexibility index (Phi) is 4.32. The van der Waals surface area contributed by atoms with Gasteiger partial charge in [-0.05, 0) is 19.3 Å². The molecule has 0 spiro atoms. The Morgan fingerprint density at radius 2 is 1.96 bits per heavy atom. The van der Waals surface area contributed by atoms with Crippen molar-refractivity contribution < 1.29 is 14.7 Å². The summed E-state index contributed by atoms with van der Waals surface area (Å²) in [6.45, 7) is 0. The van der Waals surface area contributed by atoms with Gasteiger partial charge in [-0.2, -0.15) is 0 Å². The number of carboxylic acid groups (broad SMARTS) is 1. The number of carbonyl (C=O) groups excluding carboxylic acids is 1. The SMILES string of the molecule is O=C(N[C@H]1CC[C@@H](C(=O)O)C1)c1cncnc1-c1ccccc1. The minimum Gasteiger partial charge on any atom is -0.481 e. The zero-order valence-corrected chi connectivity index (χ0v) is 12.5. The van der Waals surface area contributed by atoms with Gasteiger partial charge in [-0.3, -0.25) is 9.59 Å². The number of amides is 1. The first-order valence-electron chi connectivity index (χ1n) is 7.54. The van der Waals surface area contributed by atoms with E-state index in [9.17, 15) is 9.59 Å². The van der Waals surface area contributed by atoms with Crippen LogP contribution in [0.4, 0.5) is 0 Å². The second kappa shape index (κ2) is 6.56. The van der Waals surface area contributed by atoms with Crippen LogP contribution in [0, 0.1) is 5.92 Å². The molecule has 1 saturated carbocycles. The highest BCUT2D eigenvalue weighted by atomic mass is 16.4. The number of nitrogens with one attached hydrogen (secondary N) is 1. The number of benzene rings is 1. The highest BCUT2D eigenvalue weighted by molar-refractivity contribution is 5.99. The van der Waals surface area contributed by atoms with Crippen molar-refractivity contribution in [2.24, 2.45) is 5.92 Å². The molecule has 2 N–H and O–H groups in total. The van der Waals surface area contributed by atoms with Crippen molar-refractivity contribution in [1.82, 2.24) is 15.3 Å². The van der Waals surface area contributed by atoms with Gasteiger partial charge in [0.2, 0.25) is 0 Å². The predicted molar refractivity (Wildman–Crippen MR) is 83.7 cm³/mol. The monoisotopic (exact) mass is 311 g/mol. The summed E-state index contributed by atoms with van der Waals surface area (Å²) >= 11 is 0. The number of hydrogen-bond acceptors (Lipinski definition) is 4. The molecule has 0 unspecified atom stereocenters. The number of hydrogen-bond donors (Lipinski definition) is 2. The maximum atomic E-state index is 12.5. The predicted octanol–water partition coefficient (Wildman–Crippen LogP) is 2.13. The first-order chi connectivity index (χ1) is 11.1. The Morgan fingerprint density at radius 1 is 1.17 bits per heavy atom. The van der Waals surface area contributed by atoms with E-state index in [0.717, 1.165) is 5.56 Å². The van der Waals surface area contributed by atoms with Gasteiger partial charge in [-0.15, -0.1) is 0 Å². The smallest absolute Gasteiger partial charge is 0.306 e. The fourth-order valence-corrected chi connectivity index (χ4v) is 2.92. The molecule has 0 radical (unpaired) electrons. The summed E-state index contributed by atoms with van der Waals surface area (Å²) in [5, 5.41) is 12.0. The van der Waals surface area contributed by atoms with Crippen LogP contribution in [0.2, 0.25) is 0 Å². The van der Waals surface area contributed by atoms with Crippen LogP contribution in [0.1, 0.15) is 29.6 Å². The molecule has 1 fully saturated rings. The molecular formula is C17H17N3O3. The Hall–Kier alpha value is -2.76. The Labute approximate surface area is 133 Å². The highest BCUT2D eigenvalue weighted by Crippen LogP contribution is 2.26. The Balaban J connectivity index is 1.77. The summed E-state index contributed by atoms with van der Waals surface area (Å²) in [4.78, 5) is 31.7. The van der Waals surface area contributed by atoms with E-state index in [-0.39, 0.29) is 17.9 Å². The van der Waals surface area contributed by atoms with Crippen LogP contribution in [0.15, 0.2) is 42.9 Å². The molecule has 0 bridgehead atoms. The summed E-state index contributed by atoms with van der Waals surface area (Å²) < 4.78 is 0. The van der Waals surface area contributed by atoms with Crippen molar-refractivity contribution in [2.45, 2.75) is 25.3 Å². The van der Waals surface area contributed by atoms with Gasteiger partial charge in [0, 0.05) is 17.8 Å². The van der Waals surface area contributed by atoms with Gasteiger partial charge in [0.25, 0.3) is 5.91 Å². The fourth-order valence-electron chi connectivity index (χ4n) is 2.92. The molecule has 6 heteroatoms. The summed E-state index contributed by atoms with van der Waals surface area (Å²) in [5.41, 5.74) is 1.82. The molecule has 1 aromatic heterocycles. The average molecular weight is 311 g/mol. The quantitative estimate of drug-likeness (QED) is 0.902. The van der Waals surface area contributed by atoms with Gasteiger partial charge in [0.05, 0.1) is 17.2 Å². The van der Waals surface area contributed by atoms with Gasteiger partial charge in [-0.1, -0.05) is 30.3 Å². The average Bonchev–Trinajstić information content (AvgIpc) is 3.04. The lowest BCUT2D eigenvalue weighted by Gasteiger charge is -2.14. The van der Waals surface area contributed by atoms with E-state index in [0.29, 0.717) is 30.5 Å². The summed E-state index contributed by atoms with van der Waals surface area (Å²) in [5.74, 6) is -1.43. The number of rotatable bonds is 4. The Morgan fingerprint density at radius 3 is 2.65 bits per heavy atom. The van der Waals surface area contributed by atoms with Crippen LogP contribution in [-0.2, 0) is 4.79 Å². The van der Waals surface area contributed by atoms with E-state index >= 15 is 0 Å². The van der Waals surface area contributed by atoms with Crippen molar-refractivity contribution in [3.63, 3.8) is 0 Å². The van der Waals surface area contributed by atoms with Crippen LogP contribution in [0.25, 0.3) is 11.3 Å². The van der Waals surface area contributed by atoms with Crippen LogP contribution >= 0.6 is 0 Å². The van der Waals surface area contributed by atoms with Crippen LogP contribution in [0.5, 0.6) is 0 Å². The molecule has 0 saturated heterocycles. The number of carboxylic acids is 1. The molecule has 3 rings (SSSR count). The lowest BCUT2D eigenvalue weighted by Crippen LogP contribution is -2.33. The van der Waals surface area contributed by atoms with Crippen LogP contribution in [-0.4, -0.2) is 33.0 Å². The normalized spacial score (nSPS) is 20.2. The third-order valence-corrected chi connectivity index (χ3v) is 4.12. The second-order valence-corrected chi connectivity index (χ2v) is 5.67. The van der Waals surface area contributed by atoms with E-state index < -0.39 is 5.97 Å². The molecule has 1 aliphatic rings. The van der Waals surface area contributed by atoms with Gasteiger partial charge in [0.15, 0.2) is 0 Å². The van der Waals surface area contributed by atoms with Gasteiger partial charge >= 0.3 is 5.97 Å². The number of aromatic nitrogens is 2. The molecule has 2 atom stereocenters. The lowest BCUT2D eigenvalue weighted by atomic mass is 10.1. The van der Waals surface area contributed by atoms with Crippen molar-refractivity contribution >= 4 is 11.9 Å². The van der Waals surface area contributed by atoms with Gasteiger partial charge in [0.1, 0.15) is 6.33 Å². The third kappa shape index (κ3) is 3.36. The summed E-state index contributed by atoms with van der Waals surface area (Å²) in [7, 11) is 0. The van der Waals surface area contributed by atoms with E-state index in [1.165, 1.54) is 12.5 Å². The standard InChI is InChI=1S/C17H17N3O3/c21-16(20-13-7-6-12(8-13)17(22)23)14-9-18-10-19-15(14)11-4-2-1-3-5-11/h1-5,9-10,12-13H,6-8H2,(H,20,21)(H,22,23)/t12-,13+/m1/s1. The zero-order valence-electron chi connectivity index (χ0n) is 12.5. The number of aliphatic carboxylic acids is 1. The molecule has 1 heterocycles. The molecule has 0 aliphatic heterocycles. The van der Waals surface area contributed by atoms with Crippen LogP contribution in [0.3, 0.4) is 0 Å². The van der Waals surface area contributed by atoms with E-state index in [4.69, 9.17) is 5.11 Å². The topological polar surface area (TPSA) is 92.2 Å². The summed E-state index contributed by atoms with van der Waals surface area (Å²) in [6.07, 6.45) is 4.65. The molecule has 6 nitrogen and oxygen atoms in total. The molecule has 1 aromatic carbocycles. The molecule has 118 valence electrons. The maximum absolute atomic E-state index is 12.5. The Bertz CT molecular complexity index is 718. The van der Waals surface area contributed by atoms with Crippen molar-refractivity contribution in [1.29, 1.82) is 0 Å². The first-order valence-corrected chi connectivity index (χ1v) is 7.54. The zero-order chi connectivity index (χ0) is 16.2. The molecule has 23 heavy (non-hydrogen) atoms. The molecule has 1 amide bonds. The molecule has 2 aromatic rings. The second-order valence-electron chi connectivity index (χ2n) is 5.67. The highest BCUT2D eigenvalue weighted by Gasteiger charge is 2.31. The molecular weight excluding hydrogens is 294 g/mol. The van der Waals surface area contributed by atoms with Crippen LogP contribution < -0.4 is 5.32 Å². The lowest BCUT2D eigenvalue weighted by molar-refractivity contribution is -0.141. The van der Waals surface area contributed by atoms with Gasteiger partial charge in [-0.25, -0.2) is 9.97 Å². The minimum atomic E-state index is -0.797. The summed E-state index contributed by atoms with van der Waals surface area (Å²) in [6, 6.07) is 9.31. The minimum absolute atomic E-state index is 0.118. The van der Waals surface area contributed by atoms with Crippen molar-refractivity contribution in [3.8, 4) is 11.3 Å². The van der Waals surface area contributed by atoms with Crippen molar-refractivity contribution in [3.05, 3.63) is 48.4 Å². The third-order valence-electron chi connectivity index (χ3n) is 4.12. The van der Waals surface area contributed by atoms with E-state index in [1.54, 1.807) is 0 Å². The van der Waals surface area contributed by atoms with E-state index in [2.05, 4.69) is 15.3 Å². The van der Waals surface area contributed by atoms with Gasteiger partial charge < -0.3 is 10.4 Å². The maximum Gasteiger partial charge on any atom is 0.306 e. The largest absolute Gasteiger partial charge is 0.481 e. The number of carbonyl (C=O) groups is 2. The first kappa shape index (κ1) is 15.1. The molecule has 1 aliphatic carbocycles. The van der Waals surface area contributed by atoms with Crippen molar-refractivity contribution in [2.75, 3.05) is 0 Å². The fraction of sp³-hybridized carbons (Fsp3) is 0.294. The van der Waals surface area contributed by atoms with E-state index in [1.807, 2.05) is 30.3 Å². The number of nitrogens with zero attached hydrogens (tertiary/aromatic N) is 2.